The van der Waals surface area contributed by atoms with E-state index in [0.717, 1.165) is 12.8 Å². The van der Waals surface area contributed by atoms with E-state index in [1.807, 2.05) is 6.26 Å². The topological polar surface area (TPSA) is 54.9 Å². The van der Waals surface area contributed by atoms with E-state index in [2.05, 4.69) is 15.3 Å². The number of halogens is 2. The first-order valence-corrected chi connectivity index (χ1v) is 9.70. The van der Waals surface area contributed by atoms with Gasteiger partial charge in [0.05, 0.1) is 5.56 Å². The molecule has 1 aromatic heterocycles. The molecule has 1 aromatic carbocycles. The summed E-state index contributed by atoms with van der Waals surface area (Å²) in [6.45, 7) is 0. The lowest BCUT2D eigenvalue weighted by Gasteiger charge is -2.27. The Balaban J connectivity index is 1.88. The molecule has 0 unspecified atom stereocenters. The maximum absolute atomic E-state index is 12.8. The van der Waals surface area contributed by atoms with Crippen LogP contribution in [0.25, 0.3) is 0 Å². The van der Waals surface area contributed by atoms with E-state index < -0.39 is 0 Å². The predicted molar refractivity (Wildman–Crippen MR) is 99.6 cm³/mol. The average molecular weight is 382 g/mol. The van der Waals surface area contributed by atoms with E-state index in [9.17, 15) is 4.79 Å². The number of nitrogens with zero attached hydrogens (tertiary/aromatic N) is 2. The summed E-state index contributed by atoms with van der Waals surface area (Å²) < 4.78 is 0. The minimum absolute atomic E-state index is 0.0977. The molecule has 1 fully saturated rings. The Labute approximate surface area is 155 Å². The van der Waals surface area contributed by atoms with E-state index in [0.29, 0.717) is 38.2 Å². The lowest BCUT2D eigenvalue weighted by Crippen LogP contribution is -2.29. The third-order valence-electron chi connectivity index (χ3n) is 4.09. The lowest BCUT2D eigenvalue weighted by atomic mass is 9.93. The molecule has 1 N–H and O–H groups in total. The van der Waals surface area contributed by atoms with Gasteiger partial charge in [-0.05, 0) is 43.2 Å². The molecule has 7 heteroatoms. The quantitative estimate of drug-likeness (QED) is 0.438. The van der Waals surface area contributed by atoms with Gasteiger partial charge in [-0.3, -0.25) is 4.79 Å². The summed E-state index contributed by atoms with van der Waals surface area (Å²) >= 11 is 13.8. The van der Waals surface area contributed by atoms with Crippen molar-refractivity contribution >= 4 is 46.6 Å². The highest BCUT2D eigenvalue weighted by Crippen LogP contribution is 2.29. The van der Waals surface area contributed by atoms with Gasteiger partial charge in [-0.1, -0.05) is 41.0 Å². The number of hydrogen-bond acceptors (Lipinski definition) is 5. The number of carbonyl (C=O) groups is 1. The predicted octanol–water partition coefficient (Wildman–Crippen LogP) is 4.90. The van der Waals surface area contributed by atoms with Crippen LogP contribution in [0.1, 0.15) is 35.2 Å². The minimum atomic E-state index is -0.0977. The summed E-state index contributed by atoms with van der Waals surface area (Å²) in [5.41, 5.74) is 1.12. The number of rotatable bonds is 6. The van der Waals surface area contributed by atoms with Gasteiger partial charge in [-0.2, -0.15) is 0 Å². The molecule has 3 rings (SSSR count). The number of benzene rings is 1. The number of aromatic nitrogens is 2. The van der Waals surface area contributed by atoms with E-state index in [4.69, 9.17) is 23.2 Å². The molecule has 0 saturated heterocycles. The minimum Gasteiger partial charge on any atom is -0.367 e. The van der Waals surface area contributed by atoms with Gasteiger partial charge in [-0.15, -0.1) is 0 Å². The molecule has 4 nitrogen and oxygen atoms in total. The van der Waals surface area contributed by atoms with Gasteiger partial charge >= 0.3 is 0 Å². The third kappa shape index (κ3) is 3.85. The fraction of sp³-hybridized carbons (Fsp3) is 0.353. The van der Waals surface area contributed by atoms with Gasteiger partial charge < -0.3 is 5.32 Å². The van der Waals surface area contributed by atoms with Gasteiger partial charge in [0.15, 0.2) is 10.9 Å². The largest absolute Gasteiger partial charge is 0.367 e. The number of hydrogen-bond donors (Lipinski definition) is 1. The molecular weight excluding hydrogens is 365 g/mol. The SMILES string of the molecule is CSc1ncc(C(=O)Cc2c(Cl)cccc2Cl)c(NC2CCC2)n1. The number of ketones is 1. The zero-order chi connectivity index (χ0) is 17.1. The van der Waals surface area contributed by atoms with Crippen LogP contribution in [0.4, 0.5) is 5.82 Å². The summed E-state index contributed by atoms with van der Waals surface area (Å²) in [5.74, 6) is 0.506. The zero-order valence-electron chi connectivity index (χ0n) is 13.2. The lowest BCUT2D eigenvalue weighted by molar-refractivity contribution is 0.0993. The first-order valence-electron chi connectivity index (χ1n) is 7.72. The van der Waals surface area contributed by atoms with Crippen molar-refractivity contribution in [3.63, 3.8) is 0 Å². The Hall–Kier alpha value is -1.30. The van der Waals surface area contributed by atoms with Crippen LogP contribution in [0.5, 0.6) is 0 Å². The number of anilines is 1. The van der Waals surface area contributed by atoms with Crippen molar-refractivity contribution in [3.05, 3.63) is 45.6 Å². The van der Waals surface area contributed by atoms with Crippen molar-refractivity contribution in [2.75, 3.05) is 11.6 Å². The highest BCUT2D eigenvalue weighted by molar-refractivity contribution is 7.98. The van der Waals surface area contributed by atoms with E-state index in [1.54, 1.807) is 24.4 Å². The van der Waals surface area contributed by atoms with Crippen LogP contribution in [0, 0.1) is 0 Å². The van der Waals surface area contributed by atoms with Crippen LogP contribution in [0.3, 0.4) is 0 Å². The van der Waals surface area contributed by atoms with Crippen LogP contribution < -0.4 is 5.32 Å². The van der Waals surface area contributed by atoms with Crippen molar-refractivity contribution in [2.45, 2.75) is 36.9 Å². The Morgan fingerprint density at radius 2 is 2.04 bits per heavy atom. The fourth-order valence-corrected chi connectivity index (χ4v) is 3.35. The number of Topliss-reactive ketones (excluding diaryl/α,β-unsaturated/α-hetero) is 1. The molecular formula is C17H17Cl2N3OS. The average Bonchev–Trinajstić information content (AvgIpc) is 2.54. The summed E-state index contributed by atoms with van der Waals surface area (Å²) in [5, 5.41) is 4.99. The second-order valence-corrected chi connectivity index (χ2v) is 7.28. The molecule has 0 spiro atoms. The molecule has 1 aliphatic rings. The van der Waals surface area contributed by atoms with Crippen molar-refractivity contribution in [3.8, 4) is 0 Å². The molecule has 1 aliphatic carbocycles. The number of nitrogens with one attached hydrogen (secondary N) is 1. The fourth-order valence-electron chi connectivity index (χ4n) is 2.48. The molecule has 2 aromatic rings. The molecule has 24 heavy (non-hydrogen) atoms. The molecule has 1 saturated carbocycles. The van der Waals surface area contributed by atoms with E-state index in [1.165, 1.54) is 18.2 Å². The maximum Gasteiger partial charge on any atom is 0.189 e. The van der Waals surface area contributed by atoms with Crippen molar-refractivity contribution < 1.29 is 4.79 Å². The summed E-state index contributed by atoms with van der Waals surface area (Å²) in [6.07, 6.45) is 7.03. The highest BCUT2D eigenvalue weighted by Gasteiger charge is 2.22. The Morgan fingerprint density at radius 3 is 2.62 bits per heavy atom. The van der Waals surface area contributed by atoms with Gasteiger partial charge in [0, 0.05) is 28.7 Å². The molecule has 0 amide bonds. The van der Waals surface area contributed by atoms with Crippen LogP contribution in [0.2, 0.25) is 10.0 Å². The standard InChI is InChI=1S/C17H17Cl2N3OS/c1-24-17-20-9-12(16(22-17)21-10-4-2-5-10)15(23)8-11-13(18)6-3-7-14(11)19/h3,6-7,9-10H,2,4-5,8H2,1H3,(H,20,21,22). The molecule has 1 heterocycles. The molecule has 0 bridgehead atoms. The van der Waals surface area contributed by atoms with Crippen molar-refractivity contribution in [2.24, 2.45) is 0 Å². The zero-order valence-corrected chi connectivity index (χ0v) is 15.5. The normalized spacial score (nSPS) is 14.3. The van der Waals surface area contributed by atoms with Crippen LogP contribution in [0.15, 0.2) is 29.6 Å². The highest BCUT2D eigenvalue weighted by atomic mass is 35.5. The molecule has 0 atom stereocenters. The number of carbonyl (C=O) groups excluding carboxylic acids is 1. The smallest absolute Gasteiger partial charge is 0.189 e. The van der Waals surface area contributed by atoms with Crippen LogP contribution in [-0.4, -0.2) is 28.0 Å². The van der Waals surface area contributed by atoms with Crippen molar-refractivity contribution in [1.29, 1.82) is 0 Å². The summed E-state index contributed by atoms with van der Waals surface area (Å²) in [7, 11) is 0. The molecule has 0 aliphatic heterocycles. The second-order valence-electron chi connectivity index (χ2n) is 5.69. The third-order valence-corrected chi connectivity index (χ3v) is 5.36. The van der Waals surface area contributed by atoms with Crippen molar-refractivity contribution in [1.82, 2.24) is 9.97 Å². The maximum atomic E-state index is 12.8. The summed E-state index contributed by atoms with van der Waals surface area (Å²) in [6, 6.07) is 5.61. The van der Waals surface area contributed by atoms with Gasteiger partial charge in [0.2, 0.25) is 0 Å². The summed E-state index contributed by atoms with van der Waals surface area (Å²) in [4.78, 5) is 21.5. The second kappa shape index (κ2) is 7.72. The number of thioether (sulfide) groups is 1. The monoisotopic (exact) mass is 381 g/mol. The first-order chi connectivity index (χ1) is 11.6. The first kappa shape index (κ1) is 17.5. The van der Waals surface area contributed by atoms with Gasteiger partial charge in [0.1, 0.15) is 5.82 Å². The van der Waals surface area contributed by atoms with Gasteiger partial charge in [0.25, 0.3) is 0 Å². The molecule has 0 radical (unpaired) electrons. The molecule has 126 valence electrons. The Morgan fingerprint density at radius 1 is 1.33 bits per heavy atom. The Bertz CT molecular complexity index is 745. The van der Waals surface area contributed by atoms with Crippen LogP contribution >= 0.6 is 35.0 Å². The van der Waals surface area contributed by atoms with Crippen LogP contribution in [-0.2, 0) is 6.42 Å². The Kier molecular flexibility index (Phi) is 5.64. The van der Waals surface area contributed by atoms with E-state index in [-0.39, 0.29) is 12.2 Å². The van der Waals surface area contributed by atoms with Gasteiger partial charge in [-0.25, -0.2) is 9.97 Å². The van der Waals surface area contributed by atoms with E-state index >= 15 is 0 Å².